The molecule has 1 aliphatic rings. The molecule has 1 heterocycles. The number of aryl methyl sites for hydroxylation is 1. The number of hydrogen-bond donors (Lipinski definition) is 2. The molecule has 116 valence electrons. The van der Waals surface area contributed by atoms with Crippen LogP contribution in [0.2, 0.25) is 0 Å². The Balaban J connectivity index is 2.01. The summed E-state index contributed by atoms with van der Waals surface area (Å²) in [7, 11) is -1.19. The molecule has 0 radical (unpaired) electrons. The van der Waals surface area contributed by atoms with Gasteiger partial charge in [0.25, 0.3) is 0 Å². The van der Waals surface area contributed by atoms with E-state index < -0.39 is 16.0 Å². The van der Waals surface area contributed by atoms with Crippen molar-refractivity contribution in [1.82, 2.24) is 0 Å². The standard InChI is InChI=1S/C15H22N2O3S/c1-10-3-4-12(16)9-14(10)17-15(18)11(2)21(19)13-5-7-20-8-6-13/h3-4,9,11,13H,5-8,16H2,1-2H3,(H,17,18). The lowest BCUT2D eigenvalue weighted by Gasteiger charge is -2.24. The molecule has 5 nitrogen and oxygen atoms in total. The first-order valence-electron chi connectivity index (χ1n) is 7.13. The molecular weight excluding hydrogens is 288 g/mol. The average molecular weight is 310 g/mol. The van der Waals surface area contributed by atoms with Crippen molar-refractivity contribution in [2.45, 2.75) is 37.2 Å². The number of carbonyl (C=O) groups excluding carboxylic acids is 1. The highest BCUT2D eigenvalue weighted by atomic mass is 32.2. The Bertz CT molecular complexity index is 542. The highest BCUT2D eigenvalue weighted by molar-refractivity contribution is 7.87. The molecule has 0 aliphatic carbocycles. The SMILES string of the molecule is Cc1ccc(N)cc1NC(=O)C(C)S(=O)C1CCOCC1. The minimum atomic E-state index is -1.19. The lowest BCUT2D eigenvalue weighted by Crippen LogP contribution is -2.37. The van der Waals surface area contributed by atoms with Crippen molar-refractivity contribution in [2.75, 3.05) is 24.3 Å². The van der Waals surface area contributed by atoms with E-state index in [2.05, 4.69) is 5.32 Å². The van der Waals surface area contributed by atoms with Crippen LogP contribution in [0, 0.1) is 6.92 Å². The van der Waals surface area contributed by atoms with Gasteiger partial charge in [-0.05, 0) is 44.4 Å². The Hall–Kier alpha value is -1.40. The van der Waals surface area contributed by atoms with Gasteiger partial charge in [0.2, 0.25) is 5.91 Å². The fourth-order valence-corrected chi connectivity index (χ4v) is 3.82. The van der Waals surface area contributed by atoms with E-state index in [1.54, 1.807) is 19.1 Å². The summed E-state index contributed by atoms with van der Waals surface area (Å²) in [6, 6.07) is 5.36. The number of anilines is 2. The minimum Gasteiger partial charge on any atom is -0.399 e. The summed E-state index contributed by atoms with van der Waals surface area (Å²) < 4.78 is 17.7. The Morgan fingerprint density at radius 3 is 2.76 bits per heavy atom. The van der Waals surface area contributed by atoms with Crippen molar-refractivity contribution in [3.8, 4) is 0 Å². The molecule has 2 atom stereocenters. The van der Waals surface area contributed by atoms with Gasteiger partial charge in [0.15, 0.2) is 0 Å². The van der Waals surface area contributed by atoms with Gasteiger partial charge in [-0.25, -0.2) is 0 Å². The number of hydrogen-bond acceptors (Lipinski definition) is 4. The van der Waals surface area contributed by atoms with Crippen molar-refractivity contribution in [3.05, 3.63) is 23.8 Å². The molecule has 0 bridgehead atoms. The summed E-state index contributed by atoms with van der Waals surface area (Å²) in [4.78, 5) is 12.3. The number of nitrogens with one attached hydrogen (secondary N) is 1. The van der Waals surface area contributed by atoms with Crippen LogP contribution in [0.1, 0.15) is 25.3 Å². The number of amides is 1. The smallest absolute Gasteiger partial charge is 0.239 e. The molecule has 6 heteroatoms. The van der Waals surface area contributed by atoms with Crippen molar-refractivity contribution in [2.24, 2.45) is 0 Å². The number of nitrogen functional groups attached to an aromatic ring is 1. The van der Waals surface area contributed by atoms with E-state index in [1.807, 2.05) is 13.0 Å². The Morgan fingerprint density at radius 1 is 1.43 bits per heavy atom. The molecule has 0 saturated carbocycles. The predicted molar refractivity (Wildman–Crippen MR) is 85.7 cm³/mol. The highest BCUT2D eigenvalue weighted by Crippen LogP contribution is 2.21. The Labute approximate surface area is 127 Å². The van der Waals surface area contributed by atoms with Crippen LogP contribution in [-0.4, -0.2) is 33.8 Å². The molecule has 0 aromatic heterocycles. The van der Waals surface area contributed by atoms with E-state index >= 15 is 0 Å². The lowest BCUT2D eigenvalue weighted by atomic mass is 10.2. The molecule has 3 N–H and O–H groups in total. The van der Waals surface area contributed by atoms with E-state index in [9.17, 15) is 9.00 Å². The van der Waals surface area contributed by atoms with Crippen LogP contribution in [0.15, 0.2) is 18.2 Å². The van der Waals surface area contributed by atoms with Crippen molar-refractivity contribution in [1.29, 1.82) is 0 Å². The van der Waals surface area contributed by atoms with Crippen LogP contribution in [0.25, 0.3) is 0 Å². The second kappa shape index (κ2) is 7.04. The summed E-state index contributed by atoms with van der Waals surface area (Å²) in [5.41, 5.74) is 7.93. The number of nitrogens with two attached hydrogens (primary N) is 1. The molecule has 1 aliphatic heterocycles. The van der Waals surface area contributed by atoms with Gasteiger partial charge in [0.05, 0.1) is 0 Å². The van der Waals surface area contributed by atoms with Gasteiger partial charge >= 0.3 is 0 Å². The van der Waals surface area contributed by atoms with Crippen LogP contribution in [0.3, 0.4) is 0 Å². The van der Waals surface area contributed by atoms with Crippen molar-refractivity contribution >= 4 is 28.1 Å². The van der Waals surface area contributed by atoms with E-state index in [1.165, 1.54) is 0 Å². The summed E-state index contributed by atoms with van der Waals surface area (Å²) in [6.45, 7) is 4.86. The minimum absolute atomic E-state index is 0.0430. The van der Waals surface area contributed by atoms with Crippen LogP contribution in [0.5, 0.6) is 0 Å². The molecule has 2 rings (SSSR count). The average Bonchev–Trinajstić information content (AvgIpc) is 2.50. The molecule has 21 heavy (non-hydrogen) atoms. The second-order valence-corrected chi connectivity index (χ2v) is 7.38. The second-order valence-electron chi connectivity index (χ2n) is 5.35. The summed E-state index contributed by atoms with van der Waals surface area (Å²) >= 11 is 0. The molecule has 1 aromatic carbocycles. The van der Waals surface area contributed by atoms with Gasteiger partial charge < -0.3 is 15.8 Å². The summed E-state index contributed by atoms with van der Waals surface area (Å²) in [6.07, 6.45) is 1.50. The summed E-state index contributed by atoms with van der Waals surface area (Å²) in [5, 5.41) is 2.32. The van der Waals surface area contributed by atoms with E-state index in [0.717, 1.165) is 18.4 Å². The van der Waals surface area contributed by atoms with Crippen LogP contribution in [-0.2, 0) is 20.3 Å². The van der Waals surface area contributed by atoms with Crippen LogP contribution < -0.4 is 11.1 Å². The van der Waals surface area contributed by atoms with Gasteiger partial charge in [-0.1, -0.05) is 6.07 Å². The maximum Gasteiger partial charge on any atom is 0.239 e. The zero-order valence-electron chi connectivity index (χ0n) is 12.4. The normalized spacial score (nSPS) is 19.0. The van der Waals surface area contributed by atoms with Crippen molar-refractivity contribution < 1.29 is 13.7 Å². The van der Waals surface area contributed by atoms with Gasteiger partial charge in [-0.15, -0.1) is 0 Å². The third-order valence-electron chi connectivity index (χ3n) is 3.73. The Kier molecular flexibility index (Phi) is 5.36. The maximum atomic E-state index is 12.5. The molecular formula is C15H22N2O3S. The van der Waals surface area contributed by atoms with Gasteiger partial charge in [0.1, 0.15) is 5.25 Å². The molecule has 0 spiro atoms. The molecule has 1 saturated heterocycles. The van der Waals surface area contributed by atoms with E-state index in [0.29, 0.717) is 24.6 Å². The predicted octanol–water partition coefficient (Wildman–Crippen LogP) is 1.83. The zero-order chi connectivity index (χ0) is 15.4. The van der Waals surface area contributed by atoms with Crippen LogP contribution in [0.4, 0.5) is 11.4 Å². The monoisotopic (exact) mass is 310 g/mol. The first-order chi connectivity index (χ1) is 9.99. The van der Waals surface area contributed by atoms with Crippen molar-refractivity contribution in [3.63, 3.8) is 0 Å². The fraction of sp³-hybridized carbons (Fsp3) is 0.533. The van der Waals surface area contributed by atoms with Gasteiger partial charge in [0, 0.05) is 40.6 Å². The molecule has 1 fully saturated rings. The third-order valence-corrected chi connectivity index (χ3v) is 5.77. The zero-order valence-corrected chi connectivity index (χ0v) is 13.2. The number of rotatable bonds is 4. The maximum absolute atomic E-state index is 12.5. The molecule has 2 unspecified atom stereocenters. The quantitative estimate of drug-likeness (QED) is 0.831. The number of ether oxygens (including phenoxy) is 1. The topological polar surface area (TPSA) is 81.4 Å². The molecule has 1 aromatic rings. The van der Waals surface area contributed by atoms with Gasteiger partial charge in [-0.2, -0.15) is 0 Å². The van der Waals surface area contributed by atoms with Crippen LogP contribution >= 0.6 is 0 Å². The Morgan fingerprint density at radius 2 is 2.10 bits per heavy atom. The highest BCUT2D eigenvalue weighted by Gasteiger charge is 2.28. The lowest BCUT2D eigenvalue weighted by molar-refractivity contribution is -0.115. The van der Waals surface area contributed by atoms with E-state index in [4.69, 9.17) is 10.5 Å². The first-order valence-corrected chi connectivity index (χ1v) is 8.40. The first kappa shape index (κ1) is 16.0. The fourth-order valence-electron chi connectivity index (χ4n) is 2.31. The summed E-state index contributed by atoms with van der Waals surface area (Å²) in [5.74, 6) is -0.228. The molecule has 1 amide bonds. The van der Waals surface area contributed by atoms with E-state index in [-0.39, 0.29) is 11.2 Å². The number of carbonyl (C=O) groups is 1. The third kappa shape index (κ3) is 4.04. The van der Waals surface area contributed by atoms with Gasteiger partial charge in [-0.3, -0.25) is 9.00 Å². The number of benzene rings is 1. The largest absolute Gasteiger partial charge is 0.399 e.